The number of benzene rings is 1. The Bertz CT molecular complexity index is 313. The molecule has 0 saturated heterocycles. The molecule has 4 nitrogen and oxygen atoms in total. The molecule has 0 amide bonds. The summed E-state index contributed by atoms with van der Waals surface area (Å²) in [6.45, 7) is 2.56. The summed E-state index contributed by atoms with van der Waals surface area (Å²) in [4.78, 5) is 0. The van der Waals surface area contributed by atoms with E-state index in [0.29, 0.717) is 0 Å². The normalized spacial score (nSPS) is 14.4. The molecule has 1 rings (SSSR count). The van der Waals surface area contributed by atoms with Gasteiger partial charge in [-0.15, -0.1) is 0 Å². The topological polar surface area (TPSA) is 64.7 Å². The van der Waals surface area contributed by atoms with Crippen molar-refractivity contribution in [1.82, 2.24) is 0 Å². The van der Waals surface area contributed by atoms with E-state index >= 15 is 0 Å². The highest BCUT2D eigenvalue weighted by Crippen LogP contribution is 2.18. The van der Waals surface area contributed by atoms with E-state index in [-0.39, 0.29) is 19.3 Å². The summed E-state index contributed by atoms with van der Waals surface area (Å²) in [5, 5.41) is 9.42. The van der Waals surface area contributed by atoms with Crippen LogP contribution >= 0.6 is 0 Å². The number of aliphatic hydroxyl groups excluding tert-OH is 1. The van der Waals surface area contributed by atoms with Crippen LogP contribution in [0, 0.1) is 0 Å². The second-order valence-electron chi connectivity index (χ2n) is 4.00. The molecule has 0 aliphatic rings. The number of hydrogen-bond donors (Lipinski definition) is 2. The Hall–Kier alpha value is -1.10. The Morgan fingerprint density at radius 2 is 1.88 bits per heavy atom. The van der Waals surface area contributed by atoms with E-state index in [9.17, 15) is 5.11 Å². The van der Waals surface area contributed by atoms with Gasteiger partial charge in [0.25, 0.3) is 0 Å². The number of aliphatic hydroxyl groups is 1. The third-order valence-corrected chi connectivity index (χ3v) is 2.55. The molecule has 1 unspecified atom stereocenters. The molecule has 0 heterocycles. The van der Waals surface area contributed by atoms with Gasteiger partial charge in [0.2, 0.25) is 0 Å². The van der Waals surface area contributed by atoms with Crippen LogP contribution in [0.1, 0.15) is 24.9 Å². The highest BCUT2D eigenvalue weighted by Gasteiger charge is 2.06. The Kier molecular flexibility index (Phi) is 5.97. The van der Waals surface area contributed by atoms with Crippen LogP contribution in [-0.4, -0.2) is 31.5 Å². The maximum absolute atomic E-state index is 9.42. The first-order valence-electron chi connectivity index (χ1n) is 5.82. The first-order chi connectivity index (χ1) is 8.17. The van der Waals surface area contributed by atoms with E-state index in [4.69, 9.17) is 15.2 Å². The average Bonchev–Trinajstić information content (AvgIpc) is 2.36. The molecule has 2 atom stereocenters. The van der Waals surface area contributed by atoms with Crippen LogP contribution in [0.4, 0.5) is 0 Å². The summed E-state index contributed by atoms with van der Waals surface area (Å²) >= 11 is 0. The molecule has 96 valence electrons. The van der Waals surface area contributed by atoms with E-state index in [2.05, 4.69) is 6.92 Å². The maximum Gasteiger partial charge on any atom is 0.119 e. The Balaban J connectivity index is 2.45. The SMILES string of the molecule is CC[C@@H](N)c1ccc(OCC(O)COC)cc1. The zero-order chi connectivity index (χ0) is 12.7. The summed E-state index contributed by atoms with van der Waals surface area (Å²) in [5.74, 6) is 0.729. The summed E-state index contributed by atoms with van der Waals surface area (Å²) in [7, 11) is 1.55. The van der Waals surface area contributed by atoms with Crippen molar-refractivity contribution in [3.8, 4) is 5.75 Å². The maximum atomic E-state index is 9.42. The van der Waals surface area contributed by atoms with E-state index in [1.54, 1.807) is 7.11 Å². The van der Waals surface area contributed by atoms with Crippen LogP contribution in [0.3, 0.4) is 0 Å². The van der Waals surface area contributed by atoms with Crippen LogP contribution in [0.25, 0.3) is 0 Å². The molecule has 0 fully saturated rings. The lowest BCUT2D eigenvalue weighted by Gasteiger charge is -2.13. The third kappa shape index (κ3) is 4.73. The predicted octanol–water partition coefficient (Wildman–Crippen LogP) is 1.48. The predicted molar refractivity (Wildman–Crippen MR) is 67.0 cm³/mol. The number of rotatable bonds is 7. The highest BCUT2D eigenvalue weighted by atomic mass is 16.5. The van der Waals surface area contributed by atoms with Gasteiger partial charge < -0.3 is 20.3 Å². The van der Waals surface area contributed by atoms with Crippen molar-refractivity contribution in [1.29, 1.82) is 0 Å². The lowest BCUT2D eigenvalue weighted by molar-refractivity contribution is 0.0325. The van der Waals surface area contributed by atoms with Gasteiger partial charge in [-0.3, -0.25) is 0 Å². The van der Waals surface area contributed by atoms with E-state index < -0.39 is 6.10 Å². The van der Waals surface area contributed by atoms with Gasteiger partial charge in [0.05, 0.1) is 6.61 Å². The average molecular weight is 239 g/mol. The number of hydrogen-bond acceptors (Lipinski definition) is 4. The summed E-state index contributed by atoms with van der Waals surface area (Å²) < 4.78 is 10.2. The zero-order valence-corrected chi connectivity index (χ0v) is 10.4. The lowest BCUT2D eigenvalue weighted by atomic mass is 10.1. The molecule has 4 heteroatoms. The van der Waals surface area contributed by atoms with Crippen molar-refractivity contribution in [2.24, 2.45) is 5.73 Å². The zero-order valence-electron chi connectivity index (χ0n) is 10.4. The summed E-state index contributed by atoms with van der Waals surface area (Å²) in [5.41, 5.74) is 7.00. The molecule has 1 aromatic rings. The van der Waals surface area contributed by atoms with Crippen molar-refractivity contribution in [3.63, 3.8) is 0 Å². The Morgan fingerprint density at radius 3 is 2.41 bits per heavy atom. The number of ether oxygens (including phenoxy) is 2. The van der Waals surface area contributed by atoms with Crippen LogP contribution < -0.4 is 10.5 Å². The standard InChI is InChI=1S/C13H21NO3/c1-3-13(14)10-4-6-12(7-5-10)17-9-11(15)8-16-2/h4-7,11,13,15H,3,8-9,14H2,1-2H3/t11?,13-/m1/s1. The molecule has 0 saturated carbocycles. The molecule has 0 aromatic heterocycles. The van der Waals surface area contributed by atoms with Crippen molar-refractivity contribution < 1.29 is 14.6 Å². The summed E-state index contributed by atoms with van der Waals surface area (Å²) in [6, 6.07) is 7.70. The van der Waals surface area contributed by atoms with Crippen LogP contribution in [-0.2, 0) is 4.74 Å². The van der Waals surface area contributed by atoms with Gasteiger partial charge in [0.15, 0.2) is 0 Å². The van der Waals surface area contributed by atoms with Crippen LogP contribution in [0.5, 0.6) is 5.75 Å². The summed E-state index contributed by atoms with van der Waals surface area (Å²) in [6.07, 6.45) is 0.310. The van der Waals surface area contributed by atoms with Gasteiger partial charge in [0.1, 0.15) is 18.5 Å². The molecule has 0 aliphatic carbocycles. The fourth-order valence-electron chi connectivity index (χ4n) is 1.48. The fraction of sp³-hybridized carbons (Fsp3) is 0.538. The smallest absolute Gasteiger partial charge is 0.119 e. The molecule has 17 heavy (non-hydrogen) atoms. The fourth-order valence-corrected chi connectivity index (χ4v) is 1.48. The minimum Gasteiger partial charge on any atom is -0.491 e. The largest absolute Gasteiger partial charge is 0.491 e. The lowest BCUT2D eigenvalue weighted by Crippen LogP contribution is -2.22. The van der Waals surface area contributed by atoms with Gasteiger partial charge in [-0.25, -0.2) is 0 Å². The van der Waals surface area contributed by atoms with Crippen molar-refractivity contribution in [2.45, 2.75) is 25.5 Å². The second-order valence-corrected chi connectivity index (χ2v) is 4.00. The minimum absolute atomic E-state index is 0.0723. The van der Waals surface area contributed by atoms with Crippen molar-refractivity contribution in [3.05, 3.63) is 29.8 Å². The van der Waals surface area contributed by atoms with Crippen LogP contribution in [0.2, 0.25) is 0 Å². The number of methoxy groups -OCH3 is 1. The molecule has 0 aliphatic heterocycles. The third-order valence-electron chi connectivity index (χ3n) is 2.55. The van der Waals surface area contributed by atoms with Gasteiger partial charge in [-0.1, -0.05) is 19.1 Å². The Labute approximate surface area is 102 Å². The molecule has 3 N–H and O–H groups in total. The molecule has 1 aromatic carbocycles. The first kappa shape index (κ1) is 14.0. The van der Waals surface area contributed by atoms with Gasteiger partial charge in [0, 0.05) is 13.2 Å². The molecular weight excluding hydrogens is 218 g/mol. The molecule has 0 spiro atoms. The second kappa shape index (κ2) is 7.27. The van der Waals surface area contributed by atoms with Gasteiger partial charge in [-0.05, 0) is 24.1 Å². The quantitative estimate of drug-likeness (QED) is 0.756. The van der Waals surface area contributed by atoms with Gasteiger partial charge >= 0.3 is 0 Å². The molecule has 0 radical (unpaired) electrons. The van der Waals surface area contributed by atoms with Crippen LogP contribution in [0.15, 0.2) is 24.3 Å². The first-order valence-corrected chi connectivity index (χ1v) is 5.82. The number of nitrogens with two attached hydrogens (primary N) is 1. The Morgan fingerprint density at radius 1 is 1.24 bits per heavy atom. The van der Waals surface area contributed by atoms with Crippen molar-refractivity contribution in [2.75, 3.05) is 20.3 Å². The molecular formula is C13H21NO3. The van der Waals surface area contributed by atoms with E-state index in [1.165, 1.54) is 0 Å². The monoisotopic (exact) mass is 239 g/mol. The van der Waals surface area contributed by atoms with E-state index in [0.717, 1.165) is 17.7 Å². The highest BCUT2D eigenvalue weighted by molar-refractivity contribution is 5.28. The van der Waals surface area contributed by atoms with Crippen molar-refractivity contribution >= 4 is 0 Å². The molecule has 0 bridgehead atoms. The van der Waals surface area contributed by atoms with Gasteiger partial charge in [-0.2, -0.15) is 0 Å². The minimum atomic E-state index is -0.599. The van der Waals surface area contributed by atoms with E-state index in [1.807, 2.05) is 24.3 Å².